The van der Waals surface area contributed by atoms with Gasteiger partial charge in [0, 0.05) is 35.1 Å². The van der Waals surface area contributed by atoms with Crippen LogP contribution in [0, 0.1) is 6.92 Å². The molecule has 1 heterocycles. The van der Waals surface area contributed by atoms with Crippen molar-refractivity contribution in [3.63, 3.8) is 0 Å². The quantitative estimate of drug-likeness (QED) is 0.898. The topological polar surface area (TPSA) is 60.5 Å². The molecule has 2 rings (SSSR count). The van der Waals surface area contributed by atoms with Crippen LogP contribution < -0.4 is 10.1 Å². The number of alkyl carbamates (subject to hydrolysis) is 1. The lowest BCUT2D eigenvalue weighted by Crippen LogP contribution is -2.50. The van der Waals surface area contributed by atoms with Gasteiger partial charge in [0.25, 0.3) is 0 Å². The van der Waals surface area contributed by atoms with Crippen molar-refractivity contribution < 1.29 is 14.3 Å². The zero-order chi connectivity index (χ0) is 15.6. The van der Waals surface area contributed by atoms with Crippen LogP contribution in [-0.4, -0.2) is 28.8 Å². The maximum atomic E-state index is 11.6. The Balaban J connectivity index is 1.77. The van der Waals surface area contributed by atoms with Crippen LogP contribution in [-0.2, 0) is 4.74 Å². The van der Waals surface area contributed by atoms with Crippen molar-refractivity contribution in [3.8, 4) is 5.75 Å². The van der Waals surface area contributed by atoms with Crippen molar-refractivity contribution in [2.45, 2.75) is 58.3 Å². The van der Waals surface area contributed by atoms with E-state index >= 15 is 0 Å². The number of halogens is 1. The zero-order valence-corrected chi connectivity index (χ0v) is 14.4. The van der Waals surface area contributed by atoms with E-state index in [2.05, 4.69) is 26.2 Å². The fourth-order valence-electron chi connectivity index (χ4n) is 2.03. The molecule has 0 bridgehead atoms. The predicted molar refractivity (Wildman–Crippen MR) is 83.5 cm³/mol. The van der Waals surface area contributed by atoms with Crippen LogP contribution in [0.5, 0.6) is 5.75 Å². The number of nitrogens with zero attached hydrogens (tertiary/aromatic N) is 1. The number of nitrogens with one attached hydrogen (secondary N) is 1. The molecular formula is C15H21BrN2O3. The Hall–Kier alpha value is -1.30. The molecule has 1 N–H and O–H groups in total. The molecular weight excluding hydrogens is 336 g/mol. The van der Waals surface area contributed by atoms with E-state index in [9.17, 15) is 4.79 Å². The van der Waals surface area contributed by atoms with Gasteiger partial charge >= 0.3 is 6.09 Å². The Morgan fingerprint density at radius 2 is 2.05 bits per heavy atom. The first-order valence-electron chi connectivity index (χ1n) is 7.01. The van der Waals surface area contributed by atoms with Crippen molar-refractivity contribution >= 4 is 22.0 Å². The van der Waals surface area contributed by atoms with Gasteiger partial charge in [0.05, 0.1) is 6.20 Å². The molecule has 1 aliphatic carbocycles. The third kappa shape index (κ3) is 4.59. The Kier molecular flexibility index (Phi) is 4.76. The van der Waals surface area contributed by atoms with Crippen LogP contribution in [0.25, 0.3) is 0 Å². The third-order valence-corrected chi connectivity index (χ3v) is 4.02. The minimum Gasteiger partial charge on any atom is -0.488 e. The van der Waals surface area contributed by atoms with Crippen molar-refractivity contribution in [1.29, 1.82) is 0 Å². The second-order valence-corrected chi connectivity index (χ2v) is 7.15. The largest absolute Gasteiger partial charge is 0.488 e. The SMILES string of the molecule is Cc1c(Br)cncc1OC1CC(NC(=O)OC(C)(C)C)C1. The summed E-state index contributed by atoms with van der Waals surface area (Å²) >= 11 is 3.43. The number of carbonyl (C=O) groups excluding carboxylic acids is 1. The summed E-state index contributed by atoms with van der Waals surface area (Å²) in [7, 11) is 0. The van der Waals surface area contributed by atoms with E-state index in [-0.39, 0.29) is 18.2 Å². The average Bonchev–Trinajstić information content (AvgIpc) is 2.29. The highest BCUT2D eigenvalue weighted by Crippen LogP contribution is 2.30. The number of ether oxygens (including phenoxy) is 2. The van der Waals surface area contributed by atoms with Gasteiger partial charge in [-0.25, -0.2) is 4.79 Å². The molecule has 5 nitrogen and oxygen atoms in total. The van der Waals surface area contributed by atoms with Crippen LogP contribution in [0.4, 0.5) is 4.79 Å². The minimum atomic E-state index is -0.469. The summed E-state index contributed by atoms with van der Waals surface area (Å²) in [6.45, 7) is 7.53. The summed E-state index contributed by atoms with van der Waals surface area (Å²) in [6, 6.07) is 0.116. The molecule has 1 aromatic rings. The van der Waals surface area contributed by atoms with E-state index in [0.717, 1.165) is 28.6 Å². The number of hydrogen-bond donors (Lipinski definition) is 1. The Bertz CT molecular complexity index is 522. The number of rotatable bonds is 3. The van der Waals surface area contributed by atoms with E-state index in [1.54, 1.807) is 12.4 Å². The highest BCUT2D eigenvalue weighted by atomic mass is 79.9. The molecule has 0 aliphatic heterocycles. The molecule has 1 aliphatic rings. The molecule has 0 radical (unpaired) electrons. The smallest absolute Gasteiger partial charge is 0.407 e. The molecule has 0 saturated heterocycles. The number of amides is 1. The first-order valence-corrected chi connectivity index (χ1v) is 7.80. The molecule has 0 atom stereocenters. The van der Waals surface area contributed by atoms with Gasteiger partial charge in [0.2, 0.25) is 0 Å². The van der Waals surface area contributed by atoms with Gasteiger partial charge in [0.1, 0.15) is 17.5 Å². The van der Waals surface area contributed by atoms with Crippen LogP contribution in [0.15, 0.2) is 16.9 Å². The Morgan fingerprint density at radius 3 is 2.67 bits per heavy atom. The van der Waals surface area contributed by atoms with Gasteiger partial charge in [-0.2, -0.15) is 0 Å². The monoisotopic (exact) mass is 356 g/mol. The number of hydrogen-bond acceptors (Lipinski definition) is 4. The van der Waals surface area contributed by atoms with E-state index < -0.39 is 5.60 Å². The molecule has 0 aromatic carbocycles. The normalized spacial score (nSPS) is 21.4. The summed E-state index contributed by atoms with van der Waals surface area (Å²) in [6.07, 6.45) is 4.77. The molecule has 1 aromatic heterocycles. The molecule has 0 spiro atoms. The number of pyridine rings is 1. The molecule has 1 fully saturated rings. The molecule has 116 valence electrons. The lowest BCUT2D eigenvalue weighted by atomic mass is 9.89. The minimum absolute atomic E-state index is 0.111. The fourth-order valence-corrected chi connectivity index (χ4v) is 2.35. The van der Waals surface area contributed by atoms with Crippen LogP contribution >= 0.6 is 15.9 Å². The first-order chi connectivity index (χ1) is 9.74. The first kappa shape index (κ1) is 16.1. The molecule has 6 heteroatoms. The van der Waals surface area contributed by atoms with Crippen molar-refractivity contribution in [3.05, 3.63) is 22.4 Å². The van der Waals surface area contributed by atoms with E-state index in [0.29, 0.717) is 0 Å². The van der Waals surface area contributed by atoms with Crippen molar-refractivity contribution in [2.75, 3.05) is 0 Å². The highest BCUT2D eigenvalue weighted by molar-refractivity contribution is 9.10. The predicted octanol–water partition coefficient (Wildman–Crippen LogP) is 3.59. The van der Waals surface area contributed by atoms with Crippen molar-refractivity contribution in [2.24, 2.45) is 0 Å². The average molecular weight is 357 g/mol. The maximum Gasteiger partial charge on any atom is 0.407 e. The summed E-state index contributed by atoms with van der Waals surface area (Å²) in [5.74, 6) is 0.782. The maximum absolute atomic E-state index is 11.6. The summed E-state index contributed by atoms with van der Waals surface area (Å²) < 4.78 is 12.0. The molecule has 0 unspecified atom stereocenters. The fraction of sp³-hybridized carbons (Fsp3) is 0.600. The second kappa shape index (κ2) is 6.22. The summed E-state index contributed by atoms with van der Waals surface area (Å²) in [5, 5.41) is 2.85. The Morgan fingerprint density at radius 1 is 1.38 bits per heavy atom. The van der Waals surface area contributed by atoms with E-state index in [4.69, 9.17) is 9.47 Å². The zero-order valence-electron chi connectivity index (χ0n) is 12.8. The van der Waals surface area contributed by atoms with Crippen LogP contribution in [0.3, 0.4) is 0 Å². The van der Waals surface area contributed by atoms with Crippen molar-refractivity contribution in [1.82, 2.24) is 10.3 Å². The van der Waals surface area contributed by atoms with Gasteiger partial charge in [-0.1, -0.05) is 0 Å². The molecule has 21 heavy (non-hydrogen) atoms. The van der Waals surface area contributed by atoms with Gasteiger partial charge in [0.15, 0.2) is 0 Å². The second-order valence-electron chi connectivity index (χ2n) is 6.30. The molecule has 1 saturated carbocycles. The van der Waals surface area contributed by atoms with Gasteiger partial charge in [-0.15, -0.1) is 0 Å². The van der Waals surface area contributed by atoms with E-state index in [1.165, 1.54) is 0 Å². The van der Waals surface area contributed by atoms with Gasteiger partial charge < -0.3 is 14.8 Å². The molecule has 1 amide bonds. The summed E-state index contributed by atoms with van der Waals surface area (Å²) in [4.78, 5) is 15.7. The number of aromatic nitrogens is 1. The highest BCUT2D eigenvalue weighted by Gasteiger charge is 2.33. The van der Waals surface area contributed by atoms with Gasteiger partial charge in [-0.3, -0.25) is 4.98 Å². The van der Waals surface area contributed by atoms with Gasteiger partial charge in [-0.05, 0) is 43.6 Å². The Labute approximate surface area is 133 Å². The lowest BCUT2D eigenvalue weighted by molar-refractivity contribution is 0.0360. The lowest BCUT2D eigenvalue weighted by Gasteiger charge is -2.36. The summed E-state index contributed by atoms with van der Waals surface area (Å²) in [5.41, 5.74) is 0.566. The standard InChI is InChI=1S/C15H21BrN2O3/c1-9-12(16)7-17-8-13(9)20-11-5-10(6-11)18-14(19)21-15(2,3)4/h7-8,10-11H,5-6H2,1-4H3,(H,18,19). The van der Waals surface area contributed by atoms with Crippen LogP contribution in [0.2, 0.25) is 0 Å². The number of carbonyl (C=O) groups is 1. The van der Waals surface area contributed by atoms with Crippen LogP contribution in [0.1, 0.15) is 39.2 Å². The van der Waals surface area contributed by atoms with E-state index in [1.807, 2.05) is 27.7 Å². The third-order valence-electron chi connectivity index (χ3n) is 3.22.